The number of rotatable bonds is 2. The maximum absolute atomic E-state index is 12.3. The molecule has 1 aromatic heterocycles. The zero-order valence-corrected chi connectivity index (χ0v) is 13.2. The summed E-state index contributed by atoms with van der Waals surface area (Å²) < 4.78 is 5.24. The van der Waals surface area contributed by atoms with Gasteiger partial charge in [0.25, 0.3) is 0 Å². The van der Waals surface area contributed by atoms with Gasteiger partial charge in [0.2, 0.25) is 5.91 Å². The summed E-state index contributed by atoms with van der Waals surface area (Å²) in [7, 11) is 0. The van der Waals surface area contributed by atoms with Gasteiger partial charge in [0.15, 0.2) is 0 Å². The first-order valence-corrected chi connectivity index (χ1v) is 7.29. The predicted octanol–water partition coefficient (Wildman–Crippen LogP) is 3.06. The maximum atomic E-state index is 12.3. The van der Waals surface area contributed by atoms with E-state index in [4.69, 9.17) is 16.3 Å². The van der Waals surface area contributed by atoms with E-state index in [1.165, 1.54) is 4.90 Å². The first-order valence-electron chi connectivity index (χ1n) is 6.91. The van der Waals surface area contributed by atoms with Crippen LogP contribution in [0.5, 0.6) is 0 Å². The van der Waals surface area contributed by atoms with Crippen LogP contribution in [-0.2, 0) is 16.0 Å². The van der Waals surface area contributed by atoms with Crippen LogP contribution in [0.25, 0.3) is 0 Å². The molecule has 21 heavy (non-hydrogen) atoms. The second kappa shape index (κ2) is 6.02. The van der Waals surface area contributed by atoms with E-state index in [1.807, 2.05) is 6.07 Å². The van der Waals surface area contributed by atoms with Gasteiger partial charge in [-0.25, -0.2) is 14.7 Å². The Morgan fingerprint density at radius 1 is 1.48 bits per heavy atom. The molecule has 1 unspecified atom stereocenters. The Bertz CT molecular complexity index is 537. The van der Waals surface area contributed by atoms with E-state index in [0.717, 1.165) is 5.56 Å². The van der Waals surface area contributed by atoms with Crippen LogP contribution >= 0.6 is 11.6 Å². The van der Waals surface area contributed by atoms with Crippen molar-refractivity contribution in [3.05, 3.63) is 29.0 Å². The Morgan fingerprint density at radius 2 is 2.19 bits per heavy atom. The number of aromatic nitrogens is 1. The number of imide groups is 1. The molecule has 114 valence electrons. The van der Waals surface area contributed by atoms with Crippen molar-refractivity contribution < 1.29 is 14.3 Å². The van der Waals surface area contributed by atoms with Gasteiger partial charge in [0.05, 0.1) is 0 Å². The Hall–Kier alpha value is -1.62. The molecule has 1 atom stereocenters. The summed E-state index contributed by atoms with van der Waals surface area (Å²) in [5.74, 6) is -0.389. The van der Waals surface area contributed by atoms with Crippen molar-refractivity contribution in [1.82, 2.24) is 9.88 Å². The van der Waals surface area contributed by atoms with Gasteiger partial charge in [-0.1, -0.05) is 17.7 Å². The second-order valence-corrected chi connectivity index (χ2v) is 6.54. The highest BCUT2D eigenvalue weighted by Crippen LogP contribution is 2.24. The standard InChI is InChI=1S/C15H19ClN2O3/c1-15(2,3)21-14(20)18-7-6-11(13(18)19)8-10-4-5-12(16)17-9-10/h4-5,9,11H,6-8H2,1-3H3. The molecule has 0 aromatic carbocycles. The van der Waals surface area contributed by atoms with E-state index >= 15 is 0 Å². The molecule has 5 nitrogen and oxygen atoms in total. The molecule has 6 heteroatoms. The number of pyridine rings is 1. The molecule has 1 aliphatic rings. The first kappa shape index (κ1) is 15.8. The van der Waals surface area contributed by atoms with Crippen LogP contribution in [-0.4, -0.2) is 34.0 Å². The normalized spacial score (nSPS) is 19.0. The first-order chi connectivity index (χ1) is 9.76. The van der Waals surface area contributed by atoms with Crippen LogP contribution in [0.15, 0.2) is 18.3 Å². The largest absolute Gasteiger partial charge is 0.443 e. The van der Waals surface area contributed by atoms with Gasteiger partial charge >= 0.3 is 6.09 Å². The highest BCUT2D eigenvalue weighted by atomic mass is 35.5. The summed E-state index contributed by atoms with van der Waals surface area (Å²) in [5, 5.41) is 0.423. The summed E-state index contributed by atoms with van der Waals surface area (Å²) in [6, 6.07) is 3.54. The molecule has 1 saturated heterocycles. The number of ether oxygens (including phenoxy) is 1. The van der Waals surface area contributed by atoms with E-state index < -0.39 is 11.7 Å². The molecule has 1 fully saturated rings. The van der Waals surface area contributed by atoms with Crippen molar-refractivity contribution in [2.45, 2.75) is 39.2 Å². The highest BCUT2D eigenvalue weighted by Gasteiger charge is 2.37. The van der Waals surface area contributed by atoms with Crippen LogP contribution in [0.4, 0.5) is 4.79 Å². The number of hydrogen-bond acceptors (Lipinski definition) is 4. The summed E-state index contributed by atoms with van der Waals surface area (Å²) in [6.45, 7) is 5.74. The Kier molecular flexibility index (Phi) is 4.52. The Morgan fingerprint density at radius 3 is 2.76 bits per heavy atom. The summed E-state index contributed by atoms with van der Waals surface area (Å²) in [4.78, 5) is 29.4. The molecular formula is C15H19ClN2O3. The lowest BCUT2D eigenvalue weighted by Gasteiger charge is -2.23. The third-order valence-electron chi connectivity index (χ3n) is 3.20. The minimum absolute atomic E-state index is 0.181. The van der Waals surface area contributed by atoms with E-state index in [9.17, 15) is 9.59 Å². The van der Waals surface area contributed by atoms with Crippen LogP contribution in [0.1, 0.15) is 32.8 Å². The van der Waals surface area contributed by atoms with Gasteiger partial charge in [0, 0.05) is 18.7 Å². The topological polar surface area (TPSA) is 59.5 Å². The number of amides is 2. The van der Waals surface area contributed by atoms with Crippen molar-refractivity contribution in [3.8, 4) is 0 Å². The van der Waals surface area contributed by atoms with Crippen molar-refractivity contribution in [2.75, 3.05) is 6.54 Å². The SMILES string of the molecule is CC(C)(C)OC(=O)N1CCC(Cc2ccc(Cl)nc2)C1=O. The van der Waals surface area contributed by atoms with E-state index in [0.29, 0.717) is 24.5 Å². The van der Waals surface area contributed by atoms with Gasteiger partial charge in [-0.05, 0) is 45.2 Å². The van der Waals surface area contributed by atoms with Gasteiger partial charge < -0.3 is 4.74 Å². The smallest absolute Gasteiger partial charge is 0.417 e. The minimum atomic E-state index is -0.602. The Balaban J connectivity index is 1.98. The van der Waals surface area contributed by atoms with Gasteiger partial charge in [-0.15, -0.1) is 0 Å². The van der Waals surface area contributed by atoms with Crippen molar-refractivity contribution in [1.29, 1.82) is 0 Å². The molecule has 2 heterocycles. The average molecular weight is 311 g/mol. The second-order valence-electron chi connectivity index (χ2n) is 6.15. The van der Waals surface area contributed by atoms with E-state index in [1.54, 1.807) is 33.0 Å². The number of halogens is 1. The lowest BCUT2D eigenvalue weighted by atomic mass is 9.99. The van der Waals surface area contributed by atoms with Gasteiger partial charge in [-0.2, -0.15) is 0 Å². The van der Waals surface area contributed by atoms with Crippen LogP contribution in [0.3, 0.4) is 0 Å². The zero-order chi connectivity index (χ0) is 15.6. The van der Waals surface area contributed by atoms with Gasteiger partial charge in [-0.3, -0.25) is 4.79 Å². The fourth-order valence-corrected chi connectivity index (χ4v) is 2.35. The van der Waals surface area contributed by atoms with Crippen molar-refractivity contribution in [2.24, 2.45) is 5.92 Å². The molecular weight excluding hydrogens is 292 g/mol. The number of carbonyl (C=O) groups excluding carboxylic acids is 2. The molecule has 1 aliphatic heterocycles. The molecule has 0 radical (unpaired) electrons. The monoisotopic (exact) mass is 310 g/mol. The lowest BCUT2D eigenvalue weighted by molar-refractivity contribution is -0.130. The average Bonchev–Trinajstić information content (AvgIpc) is 2.72. The van der Waals surface area contributed by atoms with Gasteiger partial charge in [0.1, 0.15) is 10.8 Å². The minimum Gasteiger partial charge on any atom is -0.443 e. The fourth-order valence-electron chi connectivity index (χ4n) is 2.24. The fraction of sp³-hybridized carbons (Fsp3) is 0.533. The highest BCUT2D eigenvalue weighted by molar-refractivity contribution is 6.29. The molecule has 0 spiro atoms. The molecule has 0 saturated carbocycles. The third-order valence-corrected chi connectivity index (χ3v) is 3.42. The number of hydrogen-bond donors (Lipinski definition) is 0. The van der Waals surface area contributed by atoms with E-state index in [2.05, 4.69) is 4.98 Å². The number of likely N-dealkylation sites (tertiary alicyclic amines) is 1. The number of nitrogens with zero attached hydrogens (tertiary/aromatic N) is 2. The molecule has 0 bridgehead atoms. The predicted molar refractivity (Wildman–Crippen MR) is 79.0 cm³/mol. The summed E-state index contributed by atoms with van der Waals surface area (Å²) >= 11 is 5.74. The lowest BCUT2D eigenvalue weighted by Crippen LogP contribution is -2.38. The van der Waals surface area contributed by atoms with Crippen molar-refractivity contribution in [3.63, 3.8) is 0 Å². The molecule has 0 N–H and O–H groups in total. The molecule has 0 aliphatic carbocycles. The number of carbonyl (C=O) groups is 2. The van der Waals surface area contributed by atoms with Crippen molar-refractivity contribution >= 4 is 23.6 Å². The quantitative estimate of drug-likeness (QED) is 0.788. The van der Waals surface area contributed by atoms with Crippen LogP contribution in [0, 0.1) is 5.92 Å². The Labute approximate surface area is 129 Å². The van der Waals surface area contributed by atoms with Crippen LogP contribution < -0.4 is 0 Å². The molecule has 2 rings (SSSR count). The molecule has 2 amide bonds. The summed E-state index contributed by atoms with van der Waals surface area (Å²) in [5.41, 5.74) is 0.332. The zero-order valence-electron chi connectivity index (χ0n) is 12.4. The third kappa shape index (κ3) is 4.17. The summed E-state index contributed by atoms with van der Waals surface area (Å²) in [6.07, 6.45) is 2.29. The van der Waals surface area contributed by atoms with Crippen LogP contribution in [0.2, 0.25) is 5.15 Å². The van der Waals surface area contributed by atoms with E-state index in [-0.39, 0.29) is 11.8 Å². The maximum Gasteiger partial charge on any atom is 0.417 e. The molecule has 1 aromatic rings.